The molecule has 1 aromatic heterocycles. The van der Waals surface area contributed by atoms with Crippen LogP contribution in [0.25, 0.3) is 0 Å². The Morgan fingerprint density at radius 3 is 2.77 bits per heavy atom. The van der Waals surface area contributed by atoms with Crippen LogP contribution in [-0.2, 0) is 4.79 Å². The van der Waals surface area contributed by atoms with Gasteiger partial charge in [-0.3, -0.25) is 9.69 Å². The highest BCUT2D eigenvalue weighted by atomic mass is 32.2. The van der Waals surface area contributed by atoms with Crippen molar-refractivity contribution in [2.75, 3.05) is 10.7 Å². The SMILES string of the molecule is CCCSc1nnc(N2C(N)=C(C#N)C(c3ccc(C)cc3)C3=C2CCCC3=O)s1. The Labute approximate surface area is 184 Å². The van der Waals surface area contributed by atoms with Crippen LogP contribution in [0.1, 0.15) is 49.7 Å². The van der Waals surface area contributed by atoms with Crippen LogP contribution in [0.4, 0.5) is 5.13 Å². The number of Topliss-reactive ketones (excluding diaryl/α,β-unsaturated/α-hetero) is 1. The average Bonchev–Trinajstić information content (AvgIpc) is 3.20. The highest BCUT2D eigenvalue weighted by molar-refractivity contribution is 8.01. The van der Waals surface area contributed by atoms with Gasteiger partial charge in [-0.1, -0.05) is 59.9 Å². The van der Waals surface area contributed by atoms with Gasteiger partial charge in [-0.25, -0.2) is 0 Å². The Bertz CT molecular complexity index is 1080. The second kappa shape index (κ2) is 8.62. The van der Waals surface area contributed by atoms with Gasteiger partial charge in [-0.15, -0.1) is 10.2 Å². The molecule has 6 nitrogen and oxygen atoms in total. The van der Waals surface area contributed by atoms with Gasteiger partial charge in [-0.2, -0.15) is 5.26 Å². The van der Waals surface area contributed by atoms with Gasteiger partial charge < -0.3 is 5.73 Å². The molecule has 8 heteroatoms. The van der Waals surface area contributed by atoms with Crippen molar-refractivity contribution in [3.8, 4) is 6.07 Å². The van der Waals surface area contributed by atoms with Crippen molar-refractivity contribution in [3.63, 3.8) is 0 Å². The number of allylic oxidation sites excluding steroid dienone is 3. The van der Waals surface area contributed by atoms with Crippen molar-refractivity contribution in [1.29, 1.82) is 5.26 Å². The first-order chi connectivity index (χ1) is 14.5. The number of rotatable bonds is 5. The maximum atomic E-state index is 13.1. The quantitative estimate of drug-likeness (QED) is 0.680. The van der Waals surface area contributed by atoms with E-state index in [1.807, 2.05) is 31.2 Å². The van der Waals surface area contributed by atoms with E-state index in [2.05, 4.69) is 23.2 Å². The number of carbonyl (C=O) groups is 1. The first-order valence-electron chi connectivity index (χ1n) is 10.0. The summed E-state index contributed by atoms with van der Waals surface area (Å²) in [6.07, 6.45) is 3.02. The van der Waals surface area contributed by atoms with Gasteiger partial charge in [0.1, 0.15) is 5.82 Å². The molecule has 0 bridgehead atoms. The largest absolute Gasteiger partial charge is 0.384 e. The Hall–Kier alpha value is -2.63. The molecule has 2 aliphatic rings. The normalized spacial score (nSPS) is 19.2. The molecular weight excluding hydrogens is 414 g/mol. The summed E-state index contributed by atoms with van der Waals surface area (Å²) in [5.41, 5.74) is 10.5. The molecule has 1 atom stereocenters. The van der Waals surface area contributed by atoms with Crippen LogP contribution in [0.5, 0.6) is 0 Å². The second-order valence-corrected chi connectivity index (χ2v) is 9.72. The van der Waals surface area contributed by atoms with Crippen molar-refractivity contribution in [3.05, 3.63) is 58.1 Å². The zero-order valence-electron chi connectivity index (χ0n) is 17.0. The van der Waals surface area contributed by atoms with Crippen LogP contribution in [0, 0.1) is 18.3 Å². The number of hydrogen-bond donors (Lipinski definition) is 1. The van der Waals surface area contributed by atoms with Crippen molar-refractivity contribution < 1.29 is 4.79 Å². The molecule has 0 spiro atoms. The third-order valence-corrected chi connectivity index (χ3v) is 7.59. The highest BCUT2D eigenvalue weighted by Gasteiger charge is 2.41. The number of aryl methyl sites for hydroxylation is 1. The van der Waals surface area contributed by atoms with Crippen LogP contribution in [0.3, 0.4) is 0 Å². The Morgan fingerprint density at radius 1 is 1.30 bits per heavy atom. The third kappa shape index (κ3) is 3.64. The smallest absolute Gasteiger partial charge is 0.219 e. The molecule has 2 aromatic rings. The maximum absolute atomic E-state index is 13.1. The van der Waals surface area contributed by atoms with Gasteiger partial charge >= 0.3 is 0 Å². The molecule has 2 heterocycles. The van der Waals surface area contributed by atoms with Gasteiger partial charge in [-0.05, 0) is 31.7 Å². The number of benzene rings is 1. The molecule has 1 unspecified atom stereocenters. The summed E-state index contributed by atoms with van der Waals surface area (Å²) in [5, 5.41) is 19.3. The Morgan fingerprint density at radius 2 is 2.07 bits per heavy atom. The molecule has 0 radical (unpaired) electrons. The number of aromatic nitrogens is 2. The minimum absolute atomic E-state index is 0.0807. The number of nitriles is 1. The predicted molar refractivity (Wildman–Crippen MR) is 120 cm³/mol. The first kappa shape index (κ1) is 20.6. The molecule has 0 saturated heterocycles. The lowest BCUT2D eigenvalue weighted by Gasteiger charge is -2.38. The predicted octanol–water partition coefficient (Wildman–Crippen LogP) is 4.65. The van der Waals surface area contributed by atoms with Crippen LogP contribution in [0.2, 0.25) is 0 Å². The number of anilines is 1. The fourth-order valence-electron chi connectivity index (χ4n) is 3.94. The number of ketones is 1. The molecule has 4 rings (SSSR count). The Balaban J connectivity index is 1.85. The number of thioether (sulfide) groups is 1. The van der Waals surface area contributed by atoms with Crippen LogP contribution in [-0.4, -0.2) is 21.7 Å². The van der Waals surface area contributed by atoms with E-state index in [9.17, 15) is 10.1 Å². The third-order valence-electron chi connectivity index (χ3n) is 5.34. The Kier molecular flexibility index (Phi) is 5.93. The van der Waals surface area contributed by atoms with Crippen molar-refractivity contribution >= 4 is 34.0 Å². The molecule has 0 saturated carbocycles. The van der Waals surface area contributed by atoms with Crippen LogP contribution >= 0.6 is 23.1 Å². The van der Waals surface area contributed by atoms with E-state index in [0.29, 0.717) is 28.5 Å². The maximum Gasteiger partial charge on any atom is 0.219 e. The van der Waals surface area contributed by atoms with Gasteiger partial charge in [0.05, 0.1) is 17.6 Å². The van der Waals surface area contributed by atoms with E-state index in [0.717, 1.165) is 46.2 Å². The summed E-state index contributed by atoms with van der Waals surface area (Å²) in [5.74, 6) is 0.958. The lowest BCUT2D eigenvalue weighted by Crippen LogP contribution is -2.38. The standard InChI is InChI=1S/C22H23N5OS2/c1-3-11-29-22-26-25-21(30-22)27-16-5-4-6-17(28)19(16)18(15(12-23)20(27)24)14-9-7-13(2)8-10-14/h7-10,18H,3-6,11,24H2,1-2H3. The van der Waals surface area contributed by atoms with Crippen LogP contribution in [0.15, 0.2) is 51.3 Å². The van der Waals surface area contributed by atoms with E-state index in [1.54, 1.807) is 16.7 Å². The molecule has 0 amide bonds. The summed E-state index contributed by atoms with van der Waals surface area (Å²) < 4.78 is 0.864. The van der Waals surface area contributed by atoms with Gasteiger partial charge in [0.2, 0.25) is 5.13 Å². The van der Waals surface area contributed by atoms with Crippen molar-refractivity contribution in [1.82, 2.24) is 10.2 Å². The molecule has 2 N–H and O–H groups in total. The summed E-state index contributed by atoms with van der Waals surface area (Å²) >= 11 is 3.10. The monoisotopic (exact) mass is 437 g/mol. The zero-order valence-corrected chi connectivity index (χ0v) is 18.6. The summed E-state index contributed by atoms with van der Waals surface area (Å²) in [7, 11) is 0. The lowest BCUT2D eigenvalue weighted by molar-refractivity contribution is -0.116. The van der Waals surface area contributed by atoms with E-state index in [4.69, 9.17) is 5.73 Å². The lowest BCUT2D eigenvalue weighted by atomic mass is 9.75. The van der Waals surface area contributed by atoms with Gasteiger partial charge in [0.15, 0.2) is 10.1 Å². The number of nitrogens with zero attached hydrogens (tertiary/aromatic N) is 4. The van der Waals surface area contributed by atoms with E-state index in [1.165, 1.54) is 11.3 Å². The molecular formula is C22H23N5OS2. The summed E-state index contributed by atoms with van der Waals surface area (Å²) in [6.45, 7) is 4.14. The number of hydrogen-bond acceptors (Lipinski definition) is 8. The number of carbonyl (C=O) groups excluding carboxylic acids is 1. The van der Waals surface area contributed by atoms with Crippen molar-refractivity contribution in [2.24, 2.45) is 5.73 Å². The molecule has 1 aromatic carbocycles. The van der Waals surface area contributed by atoms with Crippen LogP contribution < -0.4 is 10.6 Å². The second-order valence-electron chi connectivity index (χ2n) is 7.43. The van der Waals surface area contributed by atoms with Gasteiger partial charge in [0, 0.05) is 23.4 Å². The highest BCUT2D eigenvalue weighted by Crippen LogP contribution is 2.47. The first-order valence-corrected chi connectivity index (χ1v) is 11.8. The molecule has 30 heavy (non-hydrogen) atoms. The molecule has 1 aliphatic heterocycles. The van der Waals surface area contributed by atoms with Gasteiger partial charge in [0.25, 0.3) is 0 Å². The zero-order chi connectivity index (χ0) is 21.3. The van der Waals surface area contributed by atoms with Crippen molar-refractivity contribution in [2.45, 2.75) is 49.8 Å². The fraction of sp³-hybridized carbons (Fsp3) is 0.364. The summed E-state index contributed by atoms with van der Waals surface area (Å²) in [6, 6.07) is 10.3. The van der Waals surface area contributed by atoms with E-state index < -0.39 is 5.92 Å². The fourth-order valence-corrected chi connectivity index (χ4v) is 5.74. The topological polar surface area (TPSA) is 95.9 Å². The minimum atomic E-state index is -0.434. The molecule has 0 fully saturated rings. The van der Waals surface area contributed by atoms with E-state index in [-0.39, 0.29) is 5.78 Å². The van der Waals surface area contributed by atoms with E-state index >= 15 is 0 Å². The number of nitrogens with two attached hydrogens (primary N) is 1. The average molecular weight is 438 g/mol. The summed E-state index contributed by atoms with van der Waals surface area (Å²) in [4.78, 5) is 14.9. The minimum Gasteiger partial charge on any atom is -0.384 e. The molecule has 1 aliphatic carbocycles. The molecule has 154 valence electrons.